The number of halogens is 6. The van der Waals surface area contributed by atoms with E-state index in [0.29, 0.717) is 18.6 Å². The maximum absolute atomic E-state index is 13.2. The standard InChI is InChI=1S/C25H21F6NO/c1-3-6-22(12-16-9-10-17-7-4-5-8-18(17)11-16)32(2)23(33)19-13-20(24(26,27)28)15-21(14-19)25(29,30)31/h3-11,13-15,22H,12H2,1-2H3. The molecule has 174 valence electrons. The van der Waals surface area contributed by atoms with Gasteiger partial charge in [-0.2, -0.15) is 26.3 Å². The zero-order valence-corrected chi connectivity index (χ0v) is 17.8. The van der Waals surface area contributed by atoms with E-state index in [1.165, 1.54) is 7.05 Å². The molecule has 0 spiro atoms. The number of carbonyl (C=O) groups is 1. The Morgan fingerprint density at radius 2 is 1.45 bits per heavy atom. The molecule has 8 heteroatoms. The summed E-state index contributed by atoms with van der Waals surface area (Å²) in [6.07, 6.45) is -6.35. The van der Waals surface area contributed by atoms with Crippen LogP contribution in [0.1, 0.15) is 34.0 Å². The molecule has 0 aliphatic heterocycles. The van der Waals surface area contributed by atoms with Crippen LogP contribution in [0.4, 0.5) is 26.3 Å². The molecule has 0 saturated heterocycles. The molecular weight excluding hydrogens is 444 g/mol. The molecule has 0 aliphatic rings. The zero-order chi connectivity index (χ0) is 24.4. The molecule has 1 atom stereocenters. The highest BCUT2D eigenvalue weighted by atomic mass is 19.4. The monoisotopic (exact) mass is 465 g/mol. The van der Waals surface area contributed by atoms with E-state index in [1.807, 2.05) is 42.5 Å². The number of amides is 1. The molecule has 0 bridgehead atoms. The molecule has 2 nitrogen and oxygen atoms in total. The van der Waals surface area contributed by atoms with Crippen molar-refractivity contribution < 1.29 is 31.1 Å². The second-order valence-corrected chi connectivity index (χ2v) is 7.69. The largest absolute Gasteiger partial charge is 0.416 e. The Hall–Kier alpha value is -3.29. The molecule has 0 aliphatic carbocycles. The average molecular weight is 465 g/mol. The molecule has 1 amide bonds. The van der Waals surface area contributed by atoms with Gasteiger partial charge in [0.05, 0.1) is 17.2 Å². The molecule has 3 aromatic carbocycles. The Labute approximate surface area is 187 Å². The van der Waals surface area contributed by atoms with Crippen molar-refractivity contribution in [2.75, 3.05) is 7.05 Å². The zero-order valence-electron chi connectivity index (χ0n) is 17.8. The Morgan fingerprint density at radius 3 is 2.00 bits per heavy atom. The van der Waals surface area contributed by atoms with Crippen LogP contribution >= 0.6 is 0 Å². The van der Waals surface area contributed by atoms with Crippen molar-refractivity contribution in [3.05, 3.63) is 95.1 Å². The van der Waals surface area contributed by atoms with Crippen LogP contribution in [0.2, 0.25) is 0 Å². The van der Waals surface area contributed by atoms with Gasteiger partial charge in [-0.3, -0.25) is 4.79 Å². The summed E-state index contributed by atoms with van der Waals surface area (Å²) in [5.41, 5.74) is -2.85. The van der Waals surface area contributed by atoms with Gasteiger partial charge in [-0.05, 0) is 47.9 Å². The minimum Gasteiger partial charge on any atom is -0.335 e. The van der Waals surface area contributed by atoms with E-state index in [4.69, 9.17) is 0 Å². The average Bonchev–Trinajstić information content (AvgIpc) is 2.76. The van der Waals surface area contributed by atoms with Crippen molar-refractivity contribution in [3.8, 4) is 0 Å². The molecule has 3 rings (SSSR count). The maximum Gasteiger partial charge on any atom is 0.416 e. The van der Waals surface area contributed by atoms with E-state index in [-0.39, 0.29) is 6.07 Å². The summed E-state index contributed by atoms with van der Waals surface area (Å²) in [6.45, 7) is 1.72. The summed E-state index contributed by atoms with van der Waals surface area (Å²) in [4.78, 5) is 14.1. The summed E-state index contributed by atoms with van der Waals surface area (Å²) in [5.74, 6) is -0.935. The van der Waals surface area contributed by atoms with E-state index in [1.54, 1.807) is 19.1 Å². The van der Waals surface area contributed by atoms with Gasteiger partial charge in [-0.1, -0.05) is 54.6 Å². The Kier molecular flexibility index (Phi) is 6.86. The first-order valence-corrected chi connectivity index (χ1v) is 10.1. The fraction of sp³-hybridized carbons (Fsp3) is 0.240. The van der Waals surface area contributed by atoms with Crippen molar-refractivity contribution in [1.29, 1.82) is 0 Å². The first-order chi connectivity index (χ1) is 15.4. The third kappa shape index (κ3) is 5.74. The summed E-state index contributed by atoms with van der Waals surface area (Å²) < 4.78 is 79.2. The van der Waals surface area contributed by atoms with Gasteiger partial charge in [0.25, 0.3) is 5.91 Å². The molecule has 0 aromatic heterocycles. The van der Waals surface area contributed by atoms with Crippen molar-refractivity contribution in [2.24, 2.45) is 0 Å². The normalized spacial score (nSPS) is 13.5. The second-order valence-electron chi connectivity index (χ2n) is 7.69. The number of nitrogens with zero attached hydrogens (tertiary/aromatic N) is 1. The first kappa shape index (κ1) is 24.4. The van der Waals surface area contributed by atoms with Crippen molar-refractivity contribution in [2.45, 2.75) is 31.7 Å². The van der Waals surface area contributed by atoms with Crippen molar-refractivity contribution in [3.63, 3.8) is 0 Å². The second kappa shape index (κ2) is 9.29. The van der Waals surface area contributed by atoms with Gasteiger partial charge >= 0.3 is 12.4 Å². The number of rotatable bonds is 5. The highest BCUT2D eigenvalue weighted by molar-refractivity contribution is 5.95. The Balaban J connectivity index is 1.95. The summed E-state index contributed by atoms with van der Waals surface area (Å²) in [5, 5.41) is 2.01. The number of hydrogen-bond donors (Lipinski definition) is 0. The fourth-order valence-electron chi connectivity index (χ4n) is 3.60. The Morgan fingerprint density at radius 1 is 0.879 bits per heavy atom. The molecule has 0 N–H and O–H groups in total. The summed E-state index contributed by atoms with van der Waals surface area (Å²) in [7, 11) is 1.36. The van der Waals surface area contributed by atoms with Crippen LogP contribution in [-0.2, 0) is 18.8 Å². The smallest absolute Gasteiger partial charge is 0.335 e. The van der Waals surface area contributed by atoms with Gasteiger partial charge in [0.15, 0.2) is 0 Å². The molecule has 0 radical (unpaired) electrons. The van der Waals surface area contributed by atoms with Crippen LogP contribution in [-0.4, -0.2) is 23.9 Å². The number of allylic oxidation sites excluding steroid dienone is 1. The van der Waals surface area contributed by atoms with Gasteiger partial charge in [0.2, 0.25) is 0 Å². The maximum atomic E-state index is 13.2. The lowest BCUT2D eigenvalue weighted by molar-refractivity contribution is -0.143. The van der Waals surface area contributed by atoms with Gasteiger partial charge in [-0.15, -0.1) is 0 Å². The Bertz CT molecular complexity index is 1150. The van der Waals surface area contributed by atoms with Crippen LogP contribution < -0.4 is 0 Å². The fourth-order valence-corrected chi connectivity index (χ4v) is 3.60. The highest BCUT2D eigenvalue weighted by Gasteiger charge is 2.38. The topological polar surface area (TPSA) is 20.3 Å². The number of carbonyl (C=O) groups excluding carboxylic acids is 1. The summed E-state index contributed by atoms with van der Waals surface area (Å²) in [6, 6.07) is 13.7. The van der Waals surface area contributed by atoms with Gasteiger partial charge < -0.3 is 4.90 Å². The van der Waals surface area contributed by atoms with E-state index in [9.17, 15) is 31.1 Å². The molecule has 0 saturated carbocycles. The number of fused-ring (bicyclic) bond motifs is 1. The molecule has 3 aromatic rings. The third-order valence-electron chi connectivity index (χ3n) is 5.33. The van der Waals surface area contributed by atoms with Crippen LogP contribution in [0, 0.1) is 0 Å². The molecule has 33 heavy (non-hydrogen) atoms. The third-order valence-corrected chi connectivity index (χ3v) is 5.33. The van der Waals surface area contributed by atoms with E-state index in [2.05, 4.69) is 0 Å². The van der Waals surface area contributed by atoms with Crippen LogP contribution in [0.3, 0.4) is 0 Å². The summed E-state index contributed by atoms with van der Waals surface area (Å²) >= 11 is 0. The minimum absolute atomic E-state index is 0.00921. The molecule has 0 fully saturated rings. The molecular formula is C25H21F6NO. The lowest BCUT2D eigenvalue weighted by Crippen LogP contribution is -2.37. The van der Waals surface area contributed by atoms with Crippen LogP contribution in [0.15, 0.2) is 72.8 Å². The SMILES string of the molecule is CC=CC(Cc1ccc2ccccc2c1)N(C)C(=O)c1cc(C(F)(F)F)cc(C(F)(F)F)c1. The lowest BCUT2D eigenvalue weighted by atomic mass is 9.99. The minimum atomic E-state index is -5.03. The van der Waals surface area contributed by atoms with Crippen molar-refractivity contribution in [1.82, 2.24) is 4.90 Å². The number of alkyl halides is 6. The quantitative estimate of drug-likeness (QED) is 0.290. The van der Waals surface area contributed by atoms with Gasteiger partial charge in [0, 0.05) is 12.6 Å². The lowest BCUT2D eigenvalue weighted by Gasteiger charge is -2.27. The molecule has 0 heterocycles. The van der Waals surface area contributed by atoms with E-state index < -0.39 is 41.0 Å². The predicted molar refractivity (Wildman–Crippen MR) is 115 cm³/mol. The van der Waals surface area contributed by atoms with E-state index >= 15 is 0 Å². The first-order valence-electron chi connectivity index (χ1n) is 10.1. The number of hydrogen-bond acceptors (Lipinski definition) is 1. The van der Waals surface area contributed by atoms with Crippen molar-refractivity contribution >= 4 is 16.7 Å². The highest BCUT2D eigenvalue weighted by Crippen LogP contribution is 2.36. The van der Waals surface area contributed by atoms with Gasteiger partial charge in [-0.25, -0.2) is 0 Å². The number of likely N-dealkylation sites (N-methyl/N-ethyl adjacent to an activating group) is 1. The predicted octanol–water partition coefficient (Wildman–Crippen LogP) is 7.14. The van der Waals surface area contributed by atoms with E-state index in [0.717, 1.165) is 21.2 Å². The van der Waals surface area contributed by atoms with Crippen LogP contribution in [0.5, 0.6) is 0 Å². The number of benzene rings is 3. The molecule has 1 unspecified atom stereocenters. The van der Waals surface area contributed by atoms with Gasteiger partial charge in [0.1, 0.15) is 0 Å². The van der Waals surface area contributed by atoms with Crippen LogP contribution in [0.25, 0.3) is 10.8 Å².